The molecule has 2 heterocycles. The van der Waals surface area contributed by atoms with Crippen molar-refractivity contribution in [1.82, 2.24) is 14.7 Å². The van der Waals surface area contributed by atoms with Gasteiger partial charge in [-0.15, -0.1) is 0 Å². The lowest BCUT2D eigenvalue weighted by Gasteiger charge is -2.36. The first-order valence-corrected chi connectivity index (χ1v) is 13.8. The van der Waals surface area contributed by atoms with Crippen LogP contribution < -0.4 is 19.9 Å². The highest BCUT2D eigenvalue weighted by molar-refractivity contribution is 5.57. The number of para-hydroxylation sites is 1. The molecule has 202 valence electrons. The maximum atomic E-state index is 13.6. The van der Waals surface area contributed by atoms with Gasteiger partial charge in [0.15, 0.2) is 11.5 Å². The average molecular weight is 519 g/mol. The summed E-state index contributed by atoms with van der Waals surface area (Å²) >= 11 is 0. The van der Waals surface area contributed by atoms with E-state index in [4.69, 9.17) is 9.47 Å². The van der Waals surface area contributed by atoms with Crippen LogP contribution in [0.4, 0.5) is 5.69 Å². The van der Waals surface area contributed by atoms with Gasteiger partial charge in [0.2, 0.25) is 5.75 Å². The Bertz CT molecular complexity index is 1250. The number of nitrogens with zero attached hydrogens (tertiary/aromatic N) is 4. The Kier molecular flexibility index (Phi) is 8.48. The van der Waals surface area contributed by atoms with Crippen LogP contribution in [0.15, 0.2) is 59.5 Å². The molecule has 2 aliphatic rings. The van der Waals surface area contributed by atoms with Crippen LogP contribution in [0, 0.1) is 5.92 Å². The SMILES string of the molecule is COc1cc(CN2CCN(c3cnn(-c4ccccc4)c(=O)c3OCCC3CCCCC3)CC2)ccc1O. The van der Waals surface area contributed by atoms with Crippen molar-refractivity contribution in [1.29, 1.82) is 0 Å². The van der Waals surface area contributed by atoms with E-state index in [2.05, 4.69) is 14.9 Å². The first-order valence-electron chi connectivity index (χ1n) is 13.8. The van der Waals surface area contributed by atoms with Gasteiger partial charge in [-0.2, -0.15) is 9.78 Å². The van der Waals surface area contributed by atoms with E-state index in [1.165, 1.54) is 36.8 Å². The van der Waals surface area contributed by atoms with E-state index in [0.29, 0.717) is 24.0 Å². The summed E-state index contributed by atoms with van der Waals surface area (Å²) < 4.78 is 13.0. The Morgan fingerprint density at radius 2 is 1.76 bits per heavy atom. The number of aromatic nitrogens is 2. The molecule has 2 aromatic carbocycles. The molecule has 0 bridgehead atoms. The van der Waals surface area contributed by atoms with Crippen LogP contribution in [-0.2, 0) is 6.54 Å². The maximum absolute atomic E-state index is 13.6. The van der Waals surface area contributed by atoms with E-state index in [1.54, 1.807) is 19.4 Å². The fourth-order valence-corrected chi connectivity index (χ4v) is 5.57. The van der Waals surface area contributed by atoms with Gasteiger partial charge in [0.25, 0.3) is 0 Å². The Morgan fingerprint density at radius 1 is 1.00 bits per heavy atom. The maximum Gasteiger partial charge on any atom is 0.316 e. The fraction of sp³-hybridized carbons (Fsp3) is 0.467. The van der Waals surface area contributed by atoms with E-state index in [-0.39, 0.29) is 11.3 Å². The molecule has 1 saturated carbocycles. The summed E-state index contributed by atoms with van der Waals surface area (Å²) in [6, 6.07) is 15.0. The molecule has 2 fully saturated rings. The molecule has 3 aromatic rings. The molecule has 0 atom stereocenters. The second kappa shape index (κ2) is 12.3. The van der Waals surface area contributed by atoms with Crippen LogP contribution in [0.25, 0.3) is 5.69 Å². The zero-order valence-corrected chi connectivity index (χ0v) is 22.2. The normalized spacial score (nSPS) is 16.9. The predicted molar refractivity (Wildman–Crippen MR) is 149 cm³/mol. The minimum atomic E-state index is -0.212. The van der Waals surface area contributed by atoms with Crippen LogP contribution in [0.5, 0.6) is 17.2 Å². The van der Waals surface area contributed by atoms with Gasteiger partial charge < -0.3 is 19.5 Å². The molecular formula is C30H38N4O4. The van der Waals surface area contributed by atoms with E-state index in [9.17, 15) is 9.90 Å². The Labute approximate surface area is 224 Å². The lowest BCUT2D eigenvalue weighted by Crippen LogP contribution is -2.46. The van der Waals surface area contributed by atoms with Gasteiger partial charge in [-0.25, -0.2) is 0 Å². The summed E-state index contributed by atoms with van der Waals surface area (Å²) in [5.74, 6) is 1.72. The van der Waals surface area contributed by atoms with Gasteiger partial charge in [-0.3, -0.25) is 9.69 Å². The van der Waals surface area contributed by atoms with Gasteiger partial charge in [0.05, 0.1) is 25.6 Å². The lowest BCUT2D eigenvalue weighted by molar-refractivity contribution is 0.237. The number of hydrogen-bond donors (Lipinski definition) is 1. The molecule has 0 spiro atoms. The number of phenols is 1. The molecule has 38 heavy (non-hydrogen) atoms. The average Bonchev–Trinajstić information content (AvgIpc) is 2.96. The van der Waals surface area contributed by atoms with Gasteiger partial charge >= 0.3 is 5.56 Å². The topological polar surface area (TPSA) is 80.1 Å². The summed E-state index contributed by atoms with van der Waals surface area (Å²) in [5.41, 5.74) is 2.38. The molecule has 1 N–H and O–H groups in total. The van der Waals surface area contributed by atoms with Crippen molar-refractivity contribution >= 4 is 5.69 Å². The number of hydrogen-bond acceptors (Lipinski definition) is 7. The van der Waals surface area contributed by atoms with Crippen molar-refractivity contribution < 1.29 is 14.6 Å². The number of phenolic OH excluding ortho intramolecular Hbond substituents is 1. The summed E-state index contributed by atoms with van der Waals surface area (Å²) in [6.45, 7) is 4.53. The third kappa shape index (κ3) is 6.13. The molecule has 1 saturated heterocycles. The molecule has 0 radical (unpaired) electrons. The van der Waals surface area contributed by atoms with Crippen LogP contribution in [-0.4, -0.2) is 59.7 Å². The van der Waals surface area contributed by atoms with Crippen LogP contribution in [0.1, 0.15) is 44.1 Å². The van der Waals surface area contributed by atoms with Crippen molar-refractivity contribution in [2.75, 3.05) is 44.8 Å². The second-order valence-corrected chi connectivity index (χ2v) is 10.3. The van der Waals surface area contributed by atoms with E-state index >= 15 is 0 Å². The minimum Gasteiger partial charge on any atom is -0.504 e. The largest absolute Gasteiger partial charge is 0.504 e. The van der Waals surface area contributed by atoms with Crippen LogP contribution >= 0.6 is 0 Å². The van der Waals surface area contributed by atoms with Crippen molar-refractivity contribution in [2.45, 2.75) is 45.1 Å². The molecule has 0 amide bonds. The number of benzene rings is 2. The number of aromatic hydroxyl groups is 1. The fourth-order valence-electron chi connectivity index (χ4n) is 5.57. The highest BCUT2D eigenvalue weighted by atomic mass is 16.5. The first kappa shape index (κ1) is 26.1. The van der Waals surface area contributed by atoms with Crippen LogP contribution in [0.2, 0.25) is 0 Å². The molecule has 0 unspecified atom stereocenters. The third-order valence-corrected chi connectivity index (χ3v) is 7.78. The van der Waals surface area contributed by atoms with Gasteiger partial charge in [-0.05, 0) is 42.2 Å². The highest BCUT2D eigenvalue weighted by Crippen LogP contribution is 2.30. The highest BCUT2D eigenvalue weighted by Gasteiger charge is 2.24. The van der Waals surface area contributed by atoms with Gasteiger partial charge in [0, 0.05) is 32.7 Å². The molecule has 8 nitrogen and oxygen atoms in total. The van der Waals surface area contributed by atoms with Crippen molar-refractivity contribution in [2.24, 2.45) is 5.92 Å². The summed E-state index contributed by atoms with van der Waals surface area (Å²) in [7, 11) is 1.56. The van der Waals surface area contributed by atoms with Crippen LogP contribution in [0.3, 0.4) is 0 Å². The van der Waals surface area contributed by atoms with Gasteiger partial charge in [0.1, 0.15) is 5.69 Å². The molecule has 8 heteroatoms. The Morgan fingerprint density at radius 3 is 2.50 bits per heavy atom. The number of piperazine rings is 1. The van der Waals surface area contributed by atoms with Crippen molar-refractivity contribution in [3.8, 4) is 22.9 Å². The van der Waals surface area contributed by atoms with Crippen molar-refractivity contribution in [3.63, 3.8) is 0 Å². The number of methoxy groups -OCH3 is 1. The molecular weight excluding hydrogens is 480 g/mol. The summed E-state index contributed by atoms with van der Waals surface area (Å²) in [4.78, 5) is 18.2. The smallest absolute Gasteiger partial charge is 0.316 e. The first-order chi connectivity index (χ1) is 18.6. The minimum absolute atomic E-state index is 0.148. The summed E-state index contributed by atoms with van der Waals surface area (Å²) in [6.07, 6.45) is 9.22. The standard InChI is InChI=1S/C30H38N4O4/c1-37-28-20-24(12-13-27(28)35)22-32-15-17-33(18-16-32)26-21-31-34(25-10-6-3-7-11-25)30(36)29(26)38-19-14-23-8-4-2-5-9-23/h3,6-7,10-13,20-21,23,35H,2,4-5,8-9,14-19,22H2,1H3. The quantitative estimate of drug-likeness (QED) is 0.443. The van der Waals surface area contributed by atoms with Gasteiger partial charge in [-0.1, -0.05) is 56.4 Å². The number of anilines is 1. The zero-order chi connectivity index (χ0) is 26.3. The van der Waals surface area contributed by atoms with E-state index in [0.717, 1.165) is 56.1 Å². The Hall–Kier alpha value is -3.52. The van der Waals surface area contributed by atoms with E-state index < -0.39 is 0 Å². The van der Waals surface area contributed by atoms with E-state index in [1.807, 2.05) is 42.5 Å². The molecule has 5 rings (SSSR count). The molecule has 1 aromatic heterocycles. The zero-order valence-electron chi connectivity index (χ0n) is 22.2. The Balaban J connectivity index is 1.30. The lowest BCUT2D eigenvalue weighted by atomic mass is 9.87. The number of rotatable bonds is 9. The third-order valence-electron chi connectivity index (χ3n) is 7.78. The summed E-state index contributed by atoms with van der Waals surface area (Å²) in [5, 5.41) is 14.4. The molecule has 1 aliphatic heterocycles. The predicted octanol–water partition coefficient (Wildman–Crippen LogP) is 4.62. The second-order valence-electron chi connectivity index (χ2n) is 10.3. The van der Waals surface area contributed by atoms with Crippen molar-refractivity contribution in [3.05, 3.63) is 70.6 Å². The monoisotopic (exact) mass is 518 g/mol. The number of ether oxygens (including phenoxy) is 2. The molecule has 1 aliphatic carbocycles.